The number of anilines is 1. The van der Waals surface area contributed by atoms with Crippen LogP contribution in [0.15, 0.2) is 53.4 Å². The second kappa shape index (κ2) is 11.0. The van der Waals surface area contributed by atoms with Gasteiger partial charge < -0.3 is 14.2 Å². The van der Waals surface area contributed by atoms with Crippen LogP contribution in [0.1, 0.15) is 72.8 Å². The molecular weight excluding hydrogens is 552 g/mol. The molecule has 0 radical (unpaired) electrons. The molecular formula is C28H36N4O8S. The Bertz CT molecular complexity index is 1560. The van der Waals surface area contributed by atoms with Gasteiger partial charge in [-0.05, 0) is 92.6 Å². The van der Waals surface area contributed by atoms with Gasteiger partial charge in [0, 0.05) is 0 Å². The van der Waals surface area contributed by atoms with Crippen molar-refractivity contribution < 1.29 is 37.0 Å². The van der Waals surface area contributed by atoms with Crippen molar-refractivity contribution in [1.29, 1.82) is 0 Å². The van der Waals surface area contributed by atoms with E-state index in [2.05, 4.69) is 10.4 Å². The molecule has 1 N–H and O–H groups in total. The highest BCUT2D eigenvalue weighted by Crippen LogP contribution is 2.29. The van der Waals surface area contributed by atoms with Crippen LogP contribution < -0.4 is 10.4 Å². The maximum absolute atomic E-state index is 13.7. The van der Waals surface area contributed by atoms with Crippen molar-refractivity contribution in [2.24, 2.45) is 0 Å². The topological polar surface area (TPSA) is 146 Å². The summed E-state index contributed by atoms with van der Waals surface area (Å²) in [5.41, 5.74) is -0.612. The first-order valence-corrected chi connectivity index (χ1v) is 14.2. The van der Waals surface area contributed by atoms with Gasteiger partial charge in [-0.25, -0.2) is 37.2 Å². The zero-order valence-electron chi connectivity index (χ0n) is 24.6. The minimum Gasteiger partial charge on any atom is -0.455 e. The van der Waals surface area contributed by atoms with E-state index in [1.807, 2.05) is 0 Å². The van der Waals surface area contributed by atoms with Gasteiger partial charge in [0.2, 0.25) is 0 Å². The lowest BCUT2D eigenvalue weighted by molar-refractivity contribution is 0.00615. The lowest BCUT2D eigenvalue weighted by atomic mass is 10.2. The molecule has 2 amide bonds. The first-order valence-electron chi connectivity index (χ1n) is 12.8. The Balaban J connectivity index is 2.21. The molecule has 41 heavy (non-hydrogen) atoms. The highest BCUT2D eigenvalue weighted by molar-refractivity contribution is 7.90. The van der Waals surface area contributed by atoms with Crippen LogP contribution in [0.2, 0.25) is 0 Å². The summed E-state index contributed by atoms with van der Waals surface area (Å²) in [7, 11) is -4.29. The molecule has 0 bridgehead atoms. The largest absolute Gasteiger partial charge is 0.455 e. The highest BCUT2D eigenvalue weighted by atomic mass is 32.2. The minimum absolute atomic E-state index is 0.0300. The van der Waals surface area contributed by atoms with Gasteiger partial charge in [0.1, 0.15) is 22.5 Å². The quantitative estimate of drug-likeness (QED) is 0.240. The fourth-order valence-corrected chi connectivity index (χ4v) is 5.01. The lowest BCUT2D eigenvalue weighted by Crippen LogP contribution is -2.50. The van der Waals surface area contributed by atoms with Crippen LogP contribution >= 0.6 is 0 Å². The molecule has 0 unspecified atom stereocenters. The van der Waals surface area contributed by atoms with E-state index < -0.39 is 45.0 Å². The average molecular weight is 589 g/mol. The third-order valence-electron chi connectivity index (χ3n) is 4.90. The molecule has 3 aromatic rings. The molecule has 13 heteroatoms. The zero-order valence-corrected chi connectivity index (χ0v) is 25.5. The number of aromatic nitrogens is 2. The molecule has 0 aliphatic carbocycles. The molecule has 3 rings (SSSR count). The maximum atomic E-state index is 13.7. The molecule has 0 spiro atoms. The molecule has 0 atom stereocenters. The Kier molecular flexibility index (Phi) is 8.45. The number of esters is 1. The Labute approximate surface area is 239 Å². The van der Waals surface area contributed by atoms with E-state index >= 15 is 0 Å². The first-order chi connectivity index (χ1) is 18.7. The van der Waals surface area contributed by atoms with Crippen molar-refractivity contribution in [1.82, 2.24) is 14.4 Å². The van der Waals surface area contributed by atoms with Gasteiger partial charge in [0.05, 0.1) is 15.9 Å². The van der Waals surface area contributed by atoms with Crippen molar-refractivity contribution in [3.8, 4) is 0 Å². The number of nitrogens with one attached hydrogen (secondary N) is 1. The first kappa shape index (κ1) is 31.4. The van der Waals surface area contributed by atoms with E-state index in [0.29, 0.717) is 0 Å². The molecule has 0 fully saturated rings. The summed E-state index contributed by atoms with van der Waals surface area (Å²) in [6.45, 7) is 14.9. The Morgan fingerprint density at radius 2 is 1.37 bits per heavy atom. The van der Waals surface area contributed by atoms with Crippen molar-refractivity contribution in [2.75, 3.05) is 5.01 Å². The minimum atomic E-state index is -4.29. The van der Waals surface area contributed by atoms with Crippen molar-refractivity contribution in [3.63, 3.8) is 0 Å². The predicted octanol–water partition coefficient (Wildman–Crippen LogP) is 5.41. The number of rotatable bonds is 4. The van der Waals surface area contributed by atoms with Crippen molar-refractivity contribution >= 4 is 45.0 Å². The number of hydrazine groups is 1. The van der Waals surface area contributed by atoms with Gasteiger partial charge in [-0.1, -0.05) is 18.2 Å². The van der Waals surface area contributed by atoms with Gasteiger partial charge in [-0.2, -0.15) is 5.01 Å². The number of amides is 2. The fraction of sp³-hybridized carbons (Fsp3) is 0.429. The number of fused-ring (bicyclic) bond motifs is 1. The molecule has 0 saturated carbocycles. The average Bonchev–Trinajstić information content (AvgIpc) is 3.19. The summed E-state index contributed by atoms with van der Waals surface area (Å²) in [6.07, 6.45) is -1.93. The van der Waals surface area contributed by atoms with Crippen molar-refractivity contribution in [2.45, 2.75) is 84.0 Å². The van der Waals surface area contributed by atoms with Gasteiger partial charge in [0.15, 0.2) is 5.82 Å². The van der Waals surface area contributed by atoms with Gasteiger partial charge in [-0.15, -0.1) is 0 Å². The van der Waals surface area contributed by atoms with Crippen LogP contribution in [0.3, 0.4) is 0 Å². The second-order valence-corrected chi connectivity index (χ2v) is 13.9. The number of benzene rings is 1. The SMILES string of the molecule is CC(C)(C)OC(=O)NN(C(=O)OC(C)(C)C)c1ccc2c(cc(C(=O)OC(C)(C)C)n2S(=O)(=O)c2ccccc2)n1. The fourth-order valence-electron chi connectivity index (χ4n) is 3.50. The van der Waals surface area contributed by atoms with Crippen LogP contribution in [0.4, 0.5) is 15.4 Å². The number of carbonyl (C=O) groups excluding carboxylic acids is 3. The Morgan fingerprint density at radius 1 is 0.805 bits per heavy atom. The highest BCUT2D eigenvalue weighted by Gasteiger charge is 2.32. The molecule has 2 aromatic heterocycles. The van der Waals surface area contributed by atoms with Crippen LogP contribution in [-0.2, 0) is 24.2 Å². The lowest BCUT2D eigenvalue weighted by Gasteiger charge is -2.28. The van der Waals surface area contributed by atoms with Gasteiger partial charge in [0.25, 0.3) is 10.0 Å². The molecule has 0 aliphatic rings. The maximum Gasteiger partial charge on any atom is 0.435 e. The van der Waals surface area contributed by atoms with E-state index in [9.17, 15) is 22.8 Å². The standard InChI is InChI=1S/C28H36N4O8S/c1-26(2,3)38-23(33)21-17-19-20(32(21)41(36,37)18-13-11-10-12-14-18)15-16-22(29-19)31(25(35)40-28(7,8)9)30-24(34)39-27(4,5)6/h10-17H,1-9H3,(H,30,34). The molecule has 222 valence electrons. The normalized spacial score (nSPS) is 12.5. The summed E-state index contributed by atoms with van der Waals surface area (Å²) in [6, 6.07) is 11.5. The van der Waals surface area contributed by atoms with Gasteiger partial charge in [-0.3, -0.25) is 0 Å². The van der Waals surface area contributed by atoms with E-state index in [1.54, 1.807) is 80.5 Å². The van der Waals surface area contributed by atoms with E-state index in [0.717, 1.165) is 8.98 Å². The van der Waals surface area contributed by atoms with E-state index in [4.69, 9.17) is 14.2 Å². The van der Waals surface area contributed by atoms with E-state index in [1.165, 1.54) is 30.3 Å². The molecule has 0 saturated heterocycles. The van der Waals surface area contributed by atoms with Crippen LogP contribution in [-0.4, -0.2) is 52.3 Å². The summed E-state index contributed by atoms with van der Waals surface area (Å²) in [5.74, 6) is -1.02. The van der Waals surface area contributed by atoms with Gasteiger partial charge >= 0.3 is 18.2 Å². The zero-order chi connectivity index (χ0) is 31.0. The van der Waals surface area contributed by atoms with Crippen LogP contribution in [0.25, 0.3) is 11.0 Å². The number of pyridine rings is 1. The monoisotopic (exact) mass is 588 g/mol. The smallest absolute Gasteiger partial charge is 0.435 e. The van der Waals surface area contributed by atoms with Crippen molar-refractivity contribution in [3.05, 3.63) is 54.2 Å². The summed E-state index contributed by atoms with van der Waals surface area (Å²) < 4.78 is 44.5. The van der Waals surface area contributed by atoms with Crippen LogP contribution in [0.5, 0.6) is 0 Å². The molecule has 2 heterocycles. The Hall–Kier alpha value is -4.13. The predicted molar refractivity (Wildman–Crippen MR) is 152 cm³/mol. The number of nitrogens with zero attached hydrogens (tertiary/aromatic N) is 3. The van der Waals surface area contributed by atoms with Crippen LogP contribution in [0, 0.1) is 0 Å². The summed E-state index contributed by atoms with van der Waals surface area (Å²) >= 11 is 0. The summed E-state index contributed by atoms with van der Waals surface area (Å²) in [5, 5.41) is 0.745. The molecule has 12 nitrogen and oxygen atoms in total. The number of hydrogen-bond acceptors (Lipinski definition) is 9. The van der Waals surface area contributed by atoms with E-state index in [-0.39, 0.29) is 27.4 Å². The second-order valence-electron chi connectivity index (χ2n) is 12.1. The Morgan fingerprint density at radius 3 is 1.90 bits per heavy atom. The molecule has 1 aromatic carbocycles. The third-order valence-corrected chi connectivity index (χ3v) is 6.64. The molecule has 0 aliphatic heterocycles. The third kappa shape index (κ3) is 7.97. The summed E-state index contributed by atoms with van der Waals surface area (Å²) in [4.78, 5) is 43.2. The number of hydrogen-bond donors (Lipinski definition) is 1. The number of carbonyl (C=O) groups is 3. The number of ether oxygens (including phenoxy) is 3.